The molecule has 0 unspecified atom stereocenters. The number of non-ortho nitro benzene ring substituents is 1. The topological polar surface area (TPSA) is 116 Å². The van der Waals surface area contributed by atoms with Crippen LogP contribution in [0.25, 0.3) is 0 Å². The molecule has 10 heteroatoms. The molecule has 1 amide bonds. The van der Waals surface area contributed by atoms with Crippen molar-refractivity contribution in [2.45, 2.75) is 6.54 Å². The Balaban J connectivity index is 1.88. The number of hydrogen-bond acceptors (Lipinski definition) is 6. The number of halogens is 1. The molecule has 3 aromatic rings. The van der Waals surface area contributed by atoms with Crippen LogP contribution in [0.4, 0.5) is 15.8 Å². The highest BCUT2D eigenvalue weighted by molar-refractivity contribution is 6.03. The number of hydrogen-bond donors (Lipinski definition) is 1. The molecular formula is C19H15FN4O5. The monoisotopic (exact) mass is 398 g/mol. The minimum absolute atomic E-state index is 0.0299. The Labute approximate surface area is 163 Å². The average Bonchev–Trinajstić information content (AvgIpc) is 2.69. The van der Waals surface area contributed by atoms with Crippen LogP contribution in [-0.4, -0.2) is 27.7 Å². The maximum Gasteiger partial charge on any atom is 0.276 e. The lowest BCUT2D eigenvalue weighted by Gasteiger charge is -2.11. The van der Waals surface area contributed by atoms with E-state index in [0.717, 1.165) is 16.8 Å². The zero-order chi connectivity index (χ0) is 21.0. The van der Waals surface area contributed by atoms with Gasteiger partial charge in [-0.2, -0.15) is 5.10 Å². The van der Waals surface area contributed by atoms with Crippen molar-refractivity contribution in [2.75, 3.05) is 12.4 Å². The molecular weight excluding hydrogens is 383 g/mol. The number of benzene rings is 2. The largest absolute Gasteiger partial charge is 0.495 e. The molecule has 1 aromatic heterocycles. The second-order valence-corrected chi connectivity index (χ2v) is 5.94. The number of rotatable bonds is 6. The number of ether oxygens (including phenoxy) is 1. The third-order valence-corrected chi connectivity index (χ3v) is 3.96. The normalized spacial score (nSPS) is 10.4. The Morgan fingerprint density at radius 3 is 2.72 bits per heavy atom. The van der Waals surface area contributed by atoms with Crippen LogP contribution in [0.1, 0.15) is 16.1 Å². The van der Waals surface area contributed by atoms with Gasteiger partial charge >= 0.3 is 0 Å². The summed E-state index contributed by atoms with van der Waals surface area (Å²) < 4.78 is 19.5. The molecule has 3 rings (SSSR count). The molecule has 0 atom stereocenters. The van der Waals surface area contributed by atoms with E-state index in [4.69, 9.17) is 4.74 Å². The highest BCUT2D eigenvalue weighted by Gasteiger charge is 2.16. The van der Waals surface area contributed by atoms with Crippen molar-refractivity contribution in [3.05, 3.63) is 92.1 Å². The van der Waals surface area contributed by atoms with Crippen molar-refractivity contribution in [2.24, 2.45) is 0 Å². The highest BCUT2D eigenvalue weighted by atomic mass is 19.1. The standard InChI is InChI=1S/C19H15FN4O5/c1-29-17-7-5-14(24(27)28)10-16(17)21-19(26)15-6-8-18(25)23(22-15)11-12-3-2-4-13(20)9-12/h2-10H,11H2,1H3,(H,21,26). The van der Waals surface area contributed by atoms with Crippen molar-refractivity contribution in [3.63, 3.8) is 0 Å². The first-order valence-electron chi connectivity index (χ1n) is 8.34. The van der Waals surface area contributed by atoms with Crippen LogP contribution in [0.3, 0.4) is 0 Å². The number of nitro benzene ring substituents is 1. The highest BCUT2D eigenvalue weighted by Crippen LogP contribution is 2.29. The van der Waals surface area contributed by atoms with E-state index in [1.54, 1.807) is 6.07 Å². The maximum absolute atomic E-state index is 13.3. The molecule has 0 aliphatic rings. The molecule has 1 N–H and O–H groups in total. The Morgan fingerprint density at radius 2 is 2.03 bits per heavy atom. The van der Waals surface area contributed by atoms with Crippen molar-refractivity contribution in [1.82, 2.24) is 9.78 Å². The summed E-state index contributed by atoms with van der Waals surface area (Å²) in [5.41, 5.74) is -0.229. The molecule has 148 valence electrons. The van der Waals surface area contributed by atoms with Gasteiger partial charge in [-0.15, -0.1) is 0 Å². The first-order valence-corrected chi connectivity index (χ1v) is 8.34. The third kappa shape index (κ3) is 4.61. The van der Waals surface area contributed by atoms with Gasteiger partial charge in [0, 0.05) is 18.2 Å². The van der Waals surface area contributed by atoms with Crippen LogP contribution in [0.2, 0.25) is 0 Å². The summed E-state index contributed by atoms with van der Waals surface area (Å²) in [6, 6.07) is 11.8. The van der Waals surface area contributed by atoms with E-state index in [2.05, 4.69) is 10.4 Å². The minimum atomic E-state index is -0.697. The Morgan fingerprint density at radius 1 is 1.24 bits per heavy atom. The molecule has 0 spiro atoms. The summed E-state index contributed by atoms with van der Waals surface area (Å²) in [5, 5.41) is 17.5. The second kappa shape index (κ2) is 8.30. The van der Waals surface area contributed by atoms with Gasteiger partial charge in [-0.25, -0.2) is 9.07 Å². The predicted molar refractivity (Wildman–Crippen MR) is 102 cm³/mol. The fourth-order valence-electron chi connectivity index (χ4n) is 2.59. The maximum atomic E-state index is 13.3. The van der Waals surface area contributed by atoms with Gasteiger partial charge in [0.1, 0.15) is 17.3 Å². The zero-order valence-electron chi connectivity index (χ0n) is 15.2. The Hall–Kier alpha value is -4.08. The molecule has 0 radical (unpaired) electrons. The van der Waals surface area contributed by atoms with E-state index >= 15 is 0 Å². The van der Waals surface area contributed by atoms with E-state index in [9.17, 15) is 24.1 Å². The quantitative estimate of drug-likeness (QED) is 0.504. The van der Waals surface area contributed by atoms with Crippen LogP contribution in [0.5, 0.6) is 5.75 Å². The van der Waals surface area contributed by atoms with Gasteiger partial charge in [-0.3, -0.25) is 19.7 Å². The lowest BCUT2D eigenvalue weighted by molar-refractivity contribution is -0.384. The van der Waals surface area contributed by atoms with Crippen molar-refractivity contribution in [1.29, 1.82) is 0 Å². The third-order valence-electron chi connectivity index (χ3n) is 3.96. The number of nitrogens with one attached hydrogen (secondary N) is 1. The molecule has 0 fully saturated rings. The number of methoxy groups -OCH3 is 1. The van der Waals surface area contributed by atoms with E-state index in [-0.39, 0.29) is 29.4 Å². The number of nitro groups is 1. The summed E-state index contributed by atoms with van der Waals surface area (Å²) in [7, 11) is 1.36. The fraction of sp³-hybridized carbons (Fsp3) is 0.105. The van der Waals surface area contributed by atoms with E-state index in [0.29, 0.717) is 5.56 Å². The van der Waals surface area contributed by atoms with Crippen molar-refractivity contribution >= 4 is 17.3 Å². The predicted octanol–water partition coefficient (Wildman–Crippen LogP) is 2.60. The Bertz CT molecular complexity index is 1150. The molecule has 0 aliphatic heterocycles. The van der Waals surface area contributed by atoms with Gasteiger partial charge in [-0.05, 0) is 29.8 Å². The molecule has 9 nitrogen and oxygen atoms in total. The van der Waals surface area contributed by atoms with Crippen molar-refractivity contribution in [3.8, 4) is 5.75 Å². The first-order chi connectivity index (χ1) is 13.9. The summed E-state index contributed by atoms with van der Waals surface area (Å²) in [6.07, 6.45) is 0. The Kier molecular flexibility index (Phi) is 5.63. The van der Waals surface area contributed by atoms with Gasteiger partial charge in [0.2, 0.25) is 0 Å². The minimum Gasteiger partial charge on any atom is -0.495 e. The van der Waals surface area contributed by atoms with Crippen LogP contribution in [-0.2, 0) is 6.54 Å². The van der Waals surface area contributed by atoms with Crippen molar-refractivity contribution < 1.29 is 18.8 Å². The fourth-order valence-corrected chi connectivity index (χ4v) is 2.59. The van der Waals surface area contributed by atoms with Gasteiger partial charge in [0.05, 0.1) is 24.3 Å². The van der Waals surface area contributed by atoms with Gasteiger partial charge < -0.3 is 10.1 Å². The van der Waals surface area contributed by atoms with Crippen LogP contribution < -0.4 is 15.6 Å². The van der Waals surface area contributed by atoms with Crippen LogP contribution in [0, 0.1) is 15.9 Å². The average molecular weight is 398 g/mol. The summed E-state index contributed by atoms with van der Waals surface area (Å²) >= 11 is 0. The number of carbonyl (C=O) groups is 1. The summed E-state index contributed by atoms with van der Waals surface area (Å²) in [5.74, 6) is -0.934. The molecule has 0 saturated carbocycles. The molecule has 1 heterocycles. The summed E-state index contributed by atoms with van der Waals surface area (Å²) in [4.78, 5) is 35.0. The number of aromatic nitrogens is 2. The van der Waals surface area contributed by atoms with Gasteiger partial charge in [0.15, 0.2) is 0 Å². The number of amides is 1. The van der Waals surface area contributed by atoms with E-state index in [1.807, 2.05) is 0 Å². The second-order valence-electron chi connectivity index (χ2n) is 5.94. The van der Waals surface area contributed by atoms with Crippen LogP contribution >= 0.6 is 0 Å². The number of anilines is 1. The number of nitrogens with zero attached hydrogens (tertiary/aromatic N) is 3. The molecule has 0 bridgehead atoms. The lowest BCUT2D eigenvalue weighted by Crippen LogP contribution is -2.26. The molecule has 2 aromatic carbocycles. The first kappa shape index (κ1) is 19.7. The summed E-state index contributed by atoms with van der Waals surface area (Å²) in [6.45, 7) is -0.0299. The lowest BCUT2D eigenvalue weighted by atomic mass is 10.2. The number of carbonyl (C=O) groups excluding carboxylic acids is 1. The smallest absolute Gasteiger partial charge is 0.276 e. The molecule has 0 aliphatic carbocycles. The van der Waals surface area contributed by atoms with E-state index < -0.39 is 22.2 Å². The SMILES string of the molecule is COc1ccc([N+](=O)[O-])cc1NC(=O)c1ccc(=O)n(Cc2cccc(F)c2)n1. The molecule has 0 saturated heterocycles. The molecule has 29 heavy (non-hydrogen) atoms. The van der Waals surface area contributed by atoms with Crippen LogP contribution in [0.15, 0.2) is 59.4 Å². The zero-order valence-corrected chi connectivity index (χ0v) is 15.2. The van der Waals surface area contributed by atoms with Gasteiger partial charge in [-0.1, -0.05) is 12.1 Å². The van der Waals surface area contributed by atoms with E-state index in [1.165, 1.54) is 43.5 Å². The van der Waals surface area contributed by atoms with Gasteiger partial charge in [0.25, 0.3) is 17.2 Å².